The molecule has 0 saturated carbocycles. The van der Waals surface area contributed by atoms with E-state index in [0.717, 1.165) is 16.8 Å². The van der Waals surface area contributed by atoms with Crippen LogP contribution in [0.1, 0.15) is 30.6 Å². The molecular formula is C14H23ClN2S. The fraction of sp³-hybridized carbons (Fsp3) is 0.714. The van der Waals surface area contributed by atoms with E-state index in [0.29, 0.717) is 0 Å². The molecule has 1 saturated heterocycles. The topological polar surface area (TPSA) is 15.3 Å². The second kappa shape index (κ2) is 7.49. The molecule has 0 aromatic carbocycles. The lowest BCUT2D eigenvalue weighted by Gasteiger charge is -2.23. The quantitative estimate of drug-likeness (QED) is 0.859. The van der Waals surface area contributed by atoms with Gasteiger partial charge in [0, 0.05) is 11.4 Å². The molecule has 2 rings (SSSR count). The van der Waals surface area contributed by atoms with Crippen LogP contribution >= 0.6 is 22.9 Å². The van der Waals surface area contributed by atoms with Gasteiger partial charge in [-0.2, -0.15) is 0 Å². The maximum Gasteiger partial charge on any atom is 0.0931 e. The van der Waals surface area contributed by atoms with E-state index in [1.807, 2.05) is 6.07 Å². The van der Waals surface area contributed by atoms with Crippen LogP contribution in [0.4, 0.5) is 0 Å². The van der Waals surface area contributed by atoms with E-state index in [1.54, 1.807) is 11.3 Å². The van der Waals surface area contributed by atoms with Crippen LogP contribution in [0.2, 0.25) is 4.34 Å². The van der Waals surface area contributed by atoms with Crippen LogP contribution in [0.5, 0.6) is 0 Å². The first kappa shape index (κ1) is 14.3. The van der Waals surface area contributed by atoms with Crippen molar-refractivity contribution in [1.29, 1.82) is 0 Å². The van der Waals surface area contributed by atoms with Gasteiger partial charge in [-0.3, -0.25) is 0 Å². The van der Waals surface area contributed by atoms with Crippen molar-refractivity contribution >= 4 is 22.9 Å². The van der Waals surface area contributed by atoms with Crippen molar-refractivity contribution < 1.29 is 0 Å². The van der Waals surface area contributed by atoms with E-state index in [4.69, 9.17) is 11.6 Å². The Morgan fingerprint density at radius 3 is 3.06 bits per heavy atom. The summed E-state index contributed by atoms with van der Waals surface area (Å²) >= 11 is 7.63. The molecule has 2 heterocycles. The number of piperidine rings is 1. The van der Waals surface area contributed by atoms with Gasteiger partial charge in [-0.05, 0) is 70.4 Å². The summed E-state index contributed by atoms with van der Waals surface area (Å²) in [5.41, 5.74) is 0. The lowest BCUT2D eigenvalue weighted by atomic mass is 9.95. The second-order valence-electron chi connectivity index (χ2n) is 5.30. The van der Waals surface area contributed by atoms with Gasteiger partial charge in [-0.25, -0.2) is 0 Å². The molecule has 18 heavy (non-hydrogen) atoms. The van der Waals surface area contributed by atoms with Gasteiger partial charge in [-0.15, -0.1) is 11.3 Å². The molecule has 1 aliphatic heterocycles. The predicted octanol–water partition coefficient (Wildman–Crippen LogP) is 3.61. The molecule has 1 fully saturated rings. The van der Waals surface area contributed by atoms with E-state index in [-0.39, 0.29) is 0 Å². The first-order chi connectivity index (χ1) is 8.74. The Hall–Kier alpha value is -0.0900. The third-order valence-electron chi connectivity index (χ3n) is 3.61. The minimum atomic E-state index is 0.895. The molecule has 1 aliphatic rings. The lowest BCUT2D eigenvalue weighted by molar-refractivity contribution is 0.289. The molecular weight excluding hydrogens is 264 g/mol. The average molecular weight is 287 g/mol. The molecule has 2 nitrogen and oxygen atoms in total. The average Bonchev–Trinajstić information content (AvgIpc) is 2.76. The van der Waals surface area contributed by atoms with Crippen molar-refractivity contribution in [2.75, 3.05) is 26.7 Å². The van der Waals surface area contributed by atoms with Gasteiger partial charge in [0.25, 0.3) is 0 Å². The predicted molar refractivity (Wildman–Crippen MR) is 80.5 cm³/mol. The third kappa shape index (κ3) is 4.88. The fourth-order valence-corrected chi connectivity index (χ4v) is 3.77. The molecule has 1 atom stereocenters. The largest absolute Gasteiger partial charge is 0.316 e. The smallest absolute Gasteiger partial charge is 0.0931 e. The highest BCUT2D eigenvalue weighted by atomic mass is 35.5. The minimum Gasteiger partial charge on any atom is -0.316 e. The van der Waals surface area contributed by atoms with Crippen molar-refractivity contribution in [2.24, 2.45) is 5.92 Å². The molecule has 1 aromatic rings. The van der Waals surface area contributed by atoms with E-state index in [2.05, 4.69) is 23.3 Å². The zero-order valence-corrected chi connectivity index (χ0v) is 12.7. The van der Waals surface area contributed by atoms with E-state index < -0.39 is 0 Å². The summed E-state index contributed by atoms with van der Waals surface area (Å²) in [5.74, 6) is 0.906. The maximum atomic E-state index is 5.94. The van der Waals surface area contributed by atoms with Crippen LogP contribution in [0.3, 0.4) is 0 Å². The first-order valence-electron chi connectivity index (χ1n) is 6.87. The Labute approximate surface area is 119 Å². The summed E-state index contributed by atoms with van der Waals surface area (Å²) in [6.45, 7) is 4.66. The molecule has 1 unspecified atom stereocenters. The normalized spacial score (nSPS) is 20.5. The van der Waals surface area contributed by atoms with Gasteiger partial charge in [0.05, 0.1) is 4.34 Å². The Bertz CT molecular complexity index is 347. The SMILES string of the molecule is CN(CCCC1CCCNC1)Cc1ccc(Cl)s1. The Balaban J connectivity index is 1.60. The summed E-state index contributed by atoms with van der Waals surface area (Å²) < 4.78 is 0.895. The molecule has 1 aromatic heterocycles. The van der Waals surface area contributed by atoms with Gasteiger partial charge in [0.15, 0.2) is 0 Å². The molecule has 1 N–H and O–H groups in total. The molecule has 0 spiro atoms. The Kier molecular flexibility index (Phi) is 5.96. The summed E-state index contributed by atoms with van der Waals surface area (Å²) in [6, 6.07) is 4.12. The molecule has 0 bridgehead atoms. The van der Waals surface area contributed by atoms with Gasteiger partial charge in [-0.1, -0.05) is 11.6 Å². The molecule has 0 radical (unpaired) electrons. The van der Waals surface area contributed by atoms with Crippen molar-refractivity contribution in [1.82, 2.24) is 10.2 Å². The molecule has 0 amide bonds. The minimum absolute atomic E-state index is 0.895. The van der Waals surface area contributed by atoms with Crippen LogP contribution < -0.4 is 5.32 Å². The van der Waals surface area contributed by atoms with E-state index in [1.165, 1.54) is 50.2 Å². The number of hydrogen-bond acceptors (Lipinski definition) is 3. The number of nitrogens with zero attached hydrogens (tertiary/aromatic N) is 1. The number of rotatable bonds is 6. The van der Waals surface area contributed by atoms with Gasteiger partial charge in [0.1, 0.15) is 0 Å². The lowest BCUT2D eigenvalue weighted by Crippen LogP contribution is -2.30. The summed E-state index contributed by atoms with van der Waals surface area (Å²) in [7, 11) is 2.20. The highest BCUT2D eigenvalue weighted by molar-refractivity contribution is 7.16. The maximum absolute atomic E-state index is 5.94. The first-order valence-corrected chi connectivity index (χ1v) is 8.07. The summed E-state index contributed by atoms with van der Waals surface area (Å²) in [5, 5.41) is 3.49. The van der Waals surface area contributed by atoms with Crippen molar-refractivity contribution in [2.45, 2.75) is 32.2 Å². The van der Waals surface area contributed by atoms with E-state index in [9.17, 15) is 0 Å². The molecule has 4 heteroatoms. The zero-order valence-electron chi connectivity index (χ0n) is 11.1. The summed E-state index contributed by atoms with van der Waals surface area (Å²) in [6.07, 6.45) is 5.44. The van der Waals surface area contributed by atoms with Crippen LogP contribution in [0.25, 0.3) is 0 Å². The van der Waals surface area contributed by atoms with Crippen LogP contribution in [-0.2, 0) is 6.54 Å². The van der Waals surface area contributed by atoms with Crippen molar-refractivity contribution in [3.05, 3.63) is 21.3 Å². The second-order valence-corrected chi connectivity index (χ2v) is 7.10. The highest BCUT2D eigenvalue weighted by Crippen LogP contribution is 2.22. The molecule has 102 valence electrons. The highest BCUT2D eigenvalue weighted by Gasteiger charge is 2.12. The number of thiophene rings is 1. The van der Waals surface area contributed by atoms with Crippen LogP contribution in [-0.4, -0.2) is 31.6 Å². The number of nitrogens with one attached hydrogen (secondary N) is 1. The van der Waals surface area contributed by atoms with Gasteiger partial charge < -0.3 is 10.2 Å². The van der Waals surface area contributed by atoms with Gasteiger partial charge in [0.2, 0.25) is 0 Å². The summed E-state index contributed by atoms with van der Waals surface area (Å²) in [4.78, 5) is 3.76. The fourth-order valence-electron chi connectivity index (χ4n) is 2.60. The third-order valence-corrected chi connectivity index (χ3v) is 4.82. The Morgan fingerprint density at radius 1 is 1.50 bits per heavy atom. The Morgan fingerprint density at radius 2 is 2.39 bits per heavy atom. The standard InChI is InChI=1S/C14H23ClN2S/c1-17(11-13-6-7-14(15)18-13)9-3-5-12-4-2-8-16-10-12/h6-7,12,16H,2-5,8-11H2,1H3. The zero-order chi connectivity index (χ0) is 12.8. The van der Waals surface area contributed by atoms with Crippen molar-refractivity contribution in [3.63, 3.8) is 0 Å². The van der Waals surface area contributed by atoms with Crippen LogP contribution in [0, 0.1) is 5.92 Å². The monoisotopic (exact) mass is 286 g/mol. The number of hydrogen-bond donors (Lipinski definition) is 1. The molecule has 0 aliphatic carbocycles. The van der Waals surface area contributed by atoms with E-state index >= 15 is 0 Å². The number of halogens is 1. The van der Waals surface area contributed by atoms with Crippen LogP contribution in [0.15, 0.2) is 12.1 Å². The van der Waals surface area contributed by atoms with Gasteiger partial charge >= 0.3 is 0 Å². The van der Waals surface area contributed by atoms with Crippen molar-refractivity contribution in [3.8, 4) is 0 Å².